The van der Waals surface area contributed by atoms with E-state index in [2.05, 4.69) is 0 Å². The maximum absolute atomic E-state index is 13.7. The highest BCUT2D eigenvalue weighted by atomic mass is 19.2. The minimum absolute atomic E-state index is 0.0152. The number of hydrogen-bond acceptors (Lipinski definition) is 2. The van der Waals surface area contributed by atoms with Gasteiger partial charge < -0.3 is 9.84 Å². The Morgan fingerprint density at radius 3 is 2.50 bits per heavy atom. The summed E-state index contributed by atoms with van der Waals surface area (Å²) in [6.07, 6.45) is 2.04. The summed E-state index contributed by atoms with van der Waals surface area (Å²) >= 11 is 0. The Labute approximate surface area is 106 Å². The van der Waals surface area contributed by atoms with Crippen molar-refractivity contribution in [3.05, 3.63) is 34.9 Å². The Morgan fingerprint density at radius 1 is 1.33 bits per heavy atom. The summed E-state index contributed by atoms with van der Waals surface area (Å²) in [7, 11) is 1.60. The molecule has 1 atom stereocenters. The molecule has 1 N–H and O–H groups in total. The van der Waals surface area contributed by atoms with E-state index in [1.807, 2.05) is 0 Å². The van der Waals surface area contributed by atoms with E-state index in [9.17, 15) is 13.9 Å². The second kappa shape index (κ2) is 4.94. The van der Waals surface area contributed by atoms with E-state index in [-0.39, 0.29) is 16.7 Å². The van der Waals surface area contributed by atoms with E-state index >= 15 is 0 Å². The molecule has 2 rings (SSSR count). The van der Waals surface area contributed by atoms with Crippen LogP contribution in [-0.4, -0.2) is 17.8 Å². The van der Waals surface area contributed by atoms with E-state index in [1.54, 1.807) is 7.11 Å². The Bertz CT molecular complexity index is 436. The third kappa shape index (κ3) is 2.27. The molecule has 100 valence electrons. The van der Waals surface area contributed by atoms with Crippen molar-refractivity contribution < 1.29 is 18.6 Å². The maximum atomic E-state index is 13.7. The second-order valence-corrected chi connectivity index (χ2v) is 5.06. The van der Waals surface area contributed by atoms with Gasteiger partial charge in [-0.3, -0.25) is 0 Å². The molecule has 18 heavy (non-hydrogen) atoms. The van der Waals surface area contributed by atoms with Crippen LogP contribution in [0.1, 0.15) is 42.9 Å². The van der Waals surface area contributed by atoms with Gasteiger partial charge in [0, 0.05) is 19.1 Å². The number of hydrogen-bond donors (Lipinski definition) is 1. The van der Waals surface area contributed by atoms with Gasteiger partial charge in [0.25, 0.3) is 0 Å². The molecule has 0 heterocycles. The van der Waals surface area contributed by atoms with Crippen molar-refractivity contribution in [3.63, 3.8) is 0 Å². The molecule has 1 aromatic carbocycles. The van der Waals surface area contributed by atoms with Gasteiger partial charge in [-0.1, -0.05) is 12.1 Å². The second-order valence-electron chi connectivity index (χ2n) is 5.06. The molecular weight excluding hydrogens is 238 g/mol. The lowest BCUT2D eigenvalue weighted by atomic mass is 9.75. The SMILES string of the molecule is COC1(CC(O)c2ccc(C)c(F)c2F)CCC1. The van der Waals surface area contributed by atoms with Crippen molar-refractivity contribution in [2.24, 2.45) is 0 Å². The standard InChI is InChI=1S/C14H18F2O2/c1-9-4-5-10(13(16)12(9)15)11(17)8-14(18-2)6-3-7-14/h4-5,11,17H,3,6-8H2,1-2H3. The fraction of sp³-hybridized carbons (Fsp3) is 0.571. The third-order valence-electron chi connectivity index (χ3n) is 3.93. The van der Waals surface area contributed by atoms with Gasteiger partial charge in [-0.15, -0.1) is 0 Å². The van der Waals surface area contributed by atoms with Gasteiger partial charge in [0.15, 0.2) is 11.6 Å². The number of rotatable bonds is 4. The predicted octanol–water partition coefficient (Wildman–Crippen LogP) is 3.27. The normalized spacial score (nSPS) is 19.4. The molecule has 0 spiro atoms. The zero-order valence-electron chi connectivity index (χ0n) is 10.7. The van der Waals surface area contributed by atoms with Crippen LogP contribution in [0.5, 0.6) is 0 Å². The molecule has 1 unspecified atom stereocenters. The van der Waals surface area contributed by atoms with Crippen LogP contribution in [0.4, 0.5) is 8.78 Å². The summed E-state index contributed by atoms with van der Waals surface area (Å²) in [6.45, 7) is 1.50. The van der Waals surface area contributed by atoms with Gasteiger partial charge in [-0.05, 0) is 31.7 Å². The van der Waals surface area contributed by atoms with Crippen molar-refractivity contribution in [1.29, 1.82) is 0 Å². The molecule has 1 fully saturated rings. The molecule has 0 radical (unpaired) electrons. The molecule has 2 nitrogen and oxygen atoms in total. The van der Waals surface area contributed by atoms with Crippen LogP contribution < -0.4 is 0 Å². The molecule has 1 aromatic rings. The van der Waals surface area contributed by atoms with E-state index in [1.165, 1.54) is 19.1 Å². The molecule has 0 amide bonds. The summed E-state index contributed by atoms with van der Waals surface area (Å²) in [5, 5.41) is 10.1. The van der Waals surface area contributed by atoms with Crippen molar-refractivity contribution in [2.75, 3.05) is 7.11 Å². The lowest BCUT2D eigenvalue weighted by Crippen LogP contribution is -2.40. The van der Waals surface area contributed by atoms with Gasteiger partial charge in [0.1, 0.15) is 0 Å². The van der Waals surface area contributed by atoms with Crippen LogP contribution >= 0.6 is 0 Å². The van der Waals surface area contributed by atoms with Crippen LogP contribution in [0.25, 0.3) is 0 Å². The number of benzene rings is 1. The highest BCUT2D eigenvalue weighted by molar-refractivity contribution is 5.27. The van der Waals surface area contributed by atoms with Crippen LogP contribution in [0.3, 0.4) is 0 Å². The lowest BCUT2D eigenvalue weighted by Gasteiger charge is -2.41. The van der Waals surface area contributed by atoms with E-state index < -0.39 is 17.7 Å². The largest absolute Gasteiger partial charge is 0.388 e. The van der Waals surface area contributed by atoms with Gasteiger partial charge in [0.05, 0.1) is 11.7 Å². The average Bonchev–Trinajstić information content (AvgIpc) is 2.31. The summed E-state index contributed by atoms with van der Waals surface area (Å²) in [5.74, 6) is -1.83. The summed E-state index contributed by atoms with van der Waals surface area (Å²) < 4.78 is 32.6. The van der Waals surface area contributed by atoms with Crippen molar-refractivity contribution in [1.82, 2.24) is 0 Å². The Morgan fingerprint density at radius 2 is 2.00 bits per heavy atom. The van der Waals surface area contributed by atoms with Crippen molar-refractivity contribution in [3.8, 4) is 0 Å². The topological polar surface area (TPSA) is 29.5 Å². The molecule has 1 aliphatic carbocycles. The predicted molar refractivity (Wildman–Crippen MR) is 64.3 cm³/mol. The van der Waals surface area contributed by atoms with E-state index in [4.69, 9.17) is 4.74 Å². The first kappa shape index (κ1) is 13.4. The molecule has 0 bridgehead atoms. The molecule has 4 heteroatoms. The summed E-state index contributed by atoms with van der Waals surface area (Å²) in [4.78, 5) is 0. The fourth-order valence-electron chi connectivity index (χ4n) is 2.44. The number of aliphatic hydroxyl groups excluding tert-OH is 1. The molecule has 1 saturated carbocycles. The first-order chi connectivity index (χ1) is 8.49. The Kier molecular flexibility index (Phi) is 3.69. The van der Waals surface area contributed by atoms with Crippen LogP contribution in [0, 0.1) is 18.6 Å². The Balaban J connectivity index is 2.19. The quantitative estimate of drug-likeness (QED) is 0.896. The van der Waals surface area contributed by atoms with Crippen LogP contribution in [0.15, 0.2) is 12.1 Å². The third-order valence-corrected chi connectivity index (χ3v) is 3.93. The zero-order valence-corrected chi connectivity index (χ0v) is 10.7. The number of halogens is 2. The van der Waals surface area contributed by atoms with Gasteiger partial charge in [-0.2, -0.15) is 0 Å². The number of ether oxygens (including phenoxy) is 1. The monoisotopic (exact) mass is 256 g/mol. The van der Waals surface area contributed by atoms with Crippen molar-refractivity contribution in [2.45, 2.75) is 44.3 Å². The first-order valence-corrected chi connectivity index (χ1v) is 6.17. The number of aryl methyl sites for hydroxylation is 1. The molecule has 0 saturated heterocycles. The molecule has 0 aromatic heterocycles. The summed E-state index contributed by atoms with van der Waals surface area (Å²) in [5.41, 5.74) is -0.109. The minimum Gasteiger partial charge on any atom is -0.388 e. The minimum atomic E-state index is -1.03. The van der Waals surface area contributed by atoms with E-state index in [0.717, 1.165) is 19.3 Å². The average molecular weight is 256 g/mol. The Hall–Kier alpha value is -1.00. The van der Waals surface area contributed by atoms with Crippen molar-refractivity contribution >= 4 is 0 Å². The highest BCUT2D eigenvalue weighted by Crippen LogP contribution is 2.42. The van der Waals surface area contributed by atoms with Gasteiger partial charge in [-0.25, -0.2) is 8.78 Å². The molecule has 1 aliphatic rings. The lowest BCUT2D eigenvalue weighted by molar-refractivity contribution is -0.100. The fourth-order valence-corrected chi connectivity index (χ4v) is 2.44. The van der Waals surface area contributed by atoms with Crippen LogP contribution in [-0.2, 0) is 4.74 Å². The highest BCUT2D eigenvalue weighted by Gasteiger charge is 2.39. The maximum Gasteiger partial charge on any atom is 0.164 e. The van der Waals surface area contributed by atoms with Gasteiger partial charge in [0.2, 0.25) is 0 Å². The molecule has 0 aliphatic heterocycles. The number of aliphatic hydroxyl groups is 1. The summed E-state index contributed by atoms with van der Waals surface area (Å²) in [6, 6.07) is 2.93. The molecular formula is C14H18F2O2. The number of methoxy groups -OCH3 is 1. The van der Waals surface area contributed by atoms with E-state index in [0.29, 0.717) is 6.42 Å². The first-order valence-electron chi connectivity index (χ1n) is 6.17. The van der Waals surface area contributed by atoms with Gasteiger partial charge >= 0.3 is 0 Å². The smallest absolute Gasteiger partial charge is 0.164 e. The zero-order chi connectivity index (χ0) is 13.3. The van der Waals surface area contributed by atoms with Crippen LogP contribution in [0.2, 0.25) is 0 Å².